The van der Waals surface area contributed by atoms with Crippen LogP contribution in [0.3, 0.4) is 0 Å². The molecule has 1 N–H and O–H groups in total. The first-order chi connectivity index (χ1) is 22.7. The number of amides is 1. The average molecular weight is 650 g/mol. The van der Waals surface area contributed by atoms with Crippen molar-refractivity contribution in [3.63, 3.8) is 0 Å². The van der Waals surface area contributed by atoms with Gasteiger partial charge in [0.2, 0.25) is 5.91 Å². The first kappa shape index (κ1) is 32.2. The second-order valence-corrected chi connectivity index (χ2v) is 14.1. The maximum Gasteiger partial charge on any atom is 0.269 e. The lowest BCUT2D eigenvalue weighted by Crippen LogP contribution is -2.35. The van der Waals surface area contributed by atoms with Gasteiger partial charge in [0.1, 0.15) is 6.33 Å². The molecule has 0 aliphatic carbocycles. The Labute approximate surface area is 275 Å². The lowest BCUT2D eigenvalue weighted by atomic mass is 9.92. The fraction of sp³-hybridized carbons (Fsp3) is 0.278. The van der Waals surface area contributed by atoms with Gasteiger partial charge in [0, 0.05) is 60.4 Å². The molecule has 4 heterocycles. The minimum atomic E-state index is -3.75. The van der Waals surface area contributed by atoms with Gasteiger partial charge in [-0.05, 0) is 93.8 Å². The molecule has 10 nitrogen and oxygen atoms in total. The predicted octanol–water partition coefficient (Wildman–Crippen LogP) is 5.24. The molecule has 3 aromatic heterocycles. The van der Waals surface area contributed by atoms with Crippen molar-refractivity contribution in [3.8, 4) is 11.3 Å². The lowest BCUT2D eigenvalue weighted by molar-refractivity contribution is -0.111. The second-order valence-electron chi connectivity index (χ2n) is 12.3. The number of piperidine rings is 1. The normalized spacial score (nSPS) is 15.9. The highest BCUT2D eigenvalue weighted by Gasteiger charge is 2.22. The molecule has 1 amide bonds. The van der Waals surface area contributed by atoms with E-state index in [9.17, 15) is 13.2 Å². The quantitative estimate of drug-likeness (QED) is 0.193. The van der Waals surface area contributed by atoms with Gasteiger partial charge in [0.15, 0.2) is 5.65 Å². The van der Waals surface area contributed by atoms with Crippen molar-refractivity contribution in [1.82, 2.24) is 28.7 Å². The molecule has 6 rings (SSSR count). The summed E-state index contributed by atoms with van der Waals surface area (Å²) in [6.07, 6.45) is 11.3. The minimum Gasteiger partial charge on any atom is -0.323 e. The summed E-state index contributed by atoms with van der Waals surface area (Å²) in [4.78, 5) is 30.5. The third kappa shape index (κ3) is 7.99. The van der Waals surface area contributed by atoms with Crippen LogP contribution in [0.1, 0.15) is 24.1 Å². The number of benzene rings is 2. The number of nitrogens with zero attached hydrogens (tertiary/aromatic N) is 6. The molecule has 11 heteroatoms. The number of hydrogen-bond donors (Lipinski definition) is 1. The van der Waals surface area contributed by atoms with E-state index in [0.29, 0.717) is 11.6 Å². The fourth-order valence-corrected chi connectivity index (χ4v) is 7.30. The predicted molar refractivity (Wildman–Crippen MR) is 184 cm³/mol. The van der Waals surface area contributed by atoms with Crippen LogP contribution in [0.4, 0.5) is 5.69 Å². The van der Waals surface area contributed by atoms with Gasteiger partial charge >= 0.3 is 0 Å². The van der Waals surface area contributed by atoms with Crippen molar-refractivity contribution >= 4 is 32.7 Å². The Morgan fingerprint density at radius 3 is 2.62 bits per heavy atom. The van der Waals surface area contributed by atoms with Crippen molar-refractivity contribution < 1.29 is 13.2 Å². The highest BCUT2D eigenvalue weighted by Crippen LogP contribution is 2.27. The van der Waals surface area contributed by atoms with Crippen LogP contribution in [0.5, 0.6) is 0 Å². The Hall–Kier alpha value is -4.71. The number of likely N-dealkylation sites (tertiary alicyclic amines) is 1. The summed E-state index contributed by atoms with van der Waals surface area (Å²) < 4.78 is 27.6. The van der Waals surface area contributed by atoms with Crippen molar-refractivity contribution in [1.29, 1.82) is 0 Å². The van der Waals surface area contributed by atoms with E-state index >= 15 is 0 Å². The van der Waals surface area contributed by atoms with E-state index in [2.05, 4.69) is 37.3 Å². The van der Waals surface area contributed by atoms with E-state index in [1.54, 1.807) is 61.2 Å². The summed E-state index contributed by atoms with van der Waals surface area (Å²) in [6, 6.07) is 22.1. The number of likely N-dealkylation sites (N-methyl/N-ethyl adjacent to an activating group) is 1. The maximum atomic E-state index is 13.2. The summed E-state index contributed by atoms with van der Waals surface area (Å²) in [7, 11) is 0.171. The third-order valence-electron chi connectivity index (χ3n) is 8.28. The maximum absolute atomic E-state index is 13.2. The number of aromatic nitrogens is 4. The van der Waals surface area contributed by atoms with Crippen molar-refractivity contribution in [2.24, 2.45) is 5.92 Å². The van der Waals surface area contributed by atoms with Crippen LogP contribution in [0.25, 0.3) is 22.3 Å². The van der Waals surface area contributed by atoms with Gasteiger partial charge in [0.05, 0.1) is 10.6 Å². The summed E-state index contributed by atoms with van der Waals surface area (Å²) in [6.45, 7) is 3.60. The van der Waals surface area contributed by atoms with Gasteiger partial charge in [-0.15, -0.1) is 0 Å². The van der Waals surface area contributed by atoms with Gasteiger partial charge in [-0.3, -0.25) is 9.69 Å². The number of fused-ring (bicyclic) bond motifs is 1. The number of nitrogens with one attached hydrogen (secondary N) is 1. The Morgan fingerprint density at radius 1 is 1.02 bits per heavy atom. The molecule has 1 aliphatic rings. The second kappa shape index (κ2) is 14.4. The van der Waals surface area contributed by atoms with Gasteiger partial charge in [-0.2, -0.15) is 0 Å². The summed E-state index contributed by atoms with van der Waals surface area (Å²) >= 11 is 0. The zero-order valence-electron chi connectivity index (χ0n) is 26.7. The zero-order valence-corrected chi connectivity index (χ0v) is 27.5. The number of rotatable bonds is 11. The number of hydrogen-bond acceptors (Lipinski definition) is 8. The molecule has 0 saturated carbocycles. The van der Waals surface area contributed by atoms with E-state index in [1.165, 1.54) is 9.54 Å². The lowest BCUT2D eigenvalue weighted by Gasteiger charge is -2.32. The molecule has 47 heavy (non-hydrogen) atoms. The van der Waals surface area contributed by atoms with Crippen LogP contribution in [0.2, 0.25) is 0 Å². The Kier molecular flexibility index (Phi) is 9.86. The molecular weight excluding hydrogens is 611 g/mol. The summed E-state index contributed by atoms with van der Waals surface area (Å²) in [5, 5.41) is 3.64. The Balaban J connectivity index is 1.07. The standard InChI is InChI=1S/C36H39N7O3S/c1-41(2)17-7-11-35(44)40-31-14-12-27(13-15-31)24-42-18-6-8-28(25-42)20-32-22-34(39-26-38-32)30-21-29-16-19-43(36(29)37-23-30)47(45,46)33-9-4-3-5-10-33/h3-5,7,9-16,19,21-23,26,28H,6,8,17-18,20,24-25H2,1-2H3,(H,40,44)/b11-7+. The summed E-state index contributed by atoms with van der Waals surface area (Å²) in [5.74, 6) is 0.341. The van der Waals surface area contributed by atoms with Gasteiger partial charge in [0.25, 0.3) is 10.0 Å². The molecule has 1 fully saturated rings. The van der Waals surface area contributed by atoms with E-state index in [4.69, 9.17) is 0 Å². The first-order valence-electron chi connectivity index (χ1n) is 15.8. The third-order valence-corrected chi connectivity index (χ3v) is 9.96. The van der Waals surface area contributed by atoms with E-state index in [1.807, 2.05) is 49.3 Å². The average Bonchev–Trinajstić information content (AvgIpc) is 3.51. The van der Waals surface area contributed by atoms with Gasteiger partial charge in [-0.25, -0.2) is 27.3 Å². The van der Waals surface area contributed by atoms with Crippen molar-refractivity contribution in [3.05, 3.63) is 115 Å². The van der Waals surface area contributed by atoms with Crippen molar-refractivity contribution in [2.45, 2.75) is 30.7 Å². The molecule has 0 spiro atoms. The topological polar surface area (TPSA) is 113 Å². The molecule has 0 bridgehead atoms. The van der Waals surface area contributed by atoms with E-state index in [-0.39, 0.29) is 10.8 Å². The molecule has 1 unspecified atom stereocenters. The largest absolute Gasteiger partial charge is 0.323 e. The molecule has 1 atom stereocenters. The first-order valence-corrected chi connectivity index (χ1v) is 17.2. The molecule has 2 aromatic carbocycles. The number of carbonyl (C=O) groups is 1. The number of pyridine rings is 1. The van der Waals surface area contributed by atoms with Crippen LogP contribution < -0.4 is 5.32 Å². The smallest absolute Gasteiger partial charge is 0.269 e. The van der Waals surface area contributed by atoms with Crippen LogP contribution in [0.15, 0.2) is 109 Å². The Morgan fingerprint density at radius 2 is 1.83 bits per heavy atom. The van der Waals surface area contributed by atoms with Gasteiger partial charge in [-0.1, -0.05) is 36.4 Å². The van der Waals surface area contributed by atoms with Crippen molar-refractivity contribution in [2.75, 3.05) is 39.0 Å². The van der Waals surface area contributed by atoms with Crippen LogP contribution >= 0.6 is 0 Å². The van der Waals surface area contributed by atoms with Crippen LogP contribution in [0, 0.1) is 5.92 Å². The van der Waals surface area contributed by atoms with E-state index in [0.717, 1.165) is 73.5 Å². The molecular formula is C36H39N7O3S. The molecule has 5 aromatic rings. The molecule has 0 radical (unpaired) electrons. The van der Waals surface area contributed by atoms with Gasteiger partial charge < -0.3 is 10.2 Å². The SMILES string of the molecule is CN(C)C/C=C/C(=O)Nc1ccc(CN2CCCC(Cc3cc(-c4cnc5c(ccn5S(=O)(=O)c5ccccc5)c4)ncn3)C2)cc1. The number of carbonyl (C=O) groups excluding carboxylic acids is 1. The van der Waals surface area contributed by atoms with E-state index < -0.39 is 10.0 Å². The van der Waals surface area contributed by atoms with Crippen LogP contribution in [-0.2, 0) is 27.8 Å². The minimum absolute atomic E-state index is 0.128. The number of anilines is 1. The van der Waals surface area contributed by atoms with Crippen LogP contribution in [-0.4, -0.2) is 76.8 Å². The zero-order chi connectivity index (χ0) is 32.8. The highest BCUT2D eigenvalue weighted by molar-refractivity contribution is 7.90. The Bertz CT molecular complexity index is 1970. The summed E-state index contributed by atoms with van der Waals surface area (Å²) in [5.41, 5.74) is 4.92. The molecule has 1 saturated heterocycles. The monoisotopic (exact) mass is 649 g/mol. The molecule has 1 aliphatic heterocycles. The fourth-order valence-electron chi connectivity index (χ4n) is 5.97. The molecule has 242 valence electrons. The highest BCUT2D eigenvalue weighted by atomic mass is 32.2.